The highest BCUT2D eigenvalue weighted by molar-refractivity contribution is 6.10. The number of carbonyl (C=O) groups excluding carboxylic acids is 1. The van der Waals surface area contributed by atoms with Crippen LogP contribution in [0.3, 0.4) is 0 Å². The van der Waals surface area contributed by atoms with Crippen LogP contribution < -0.4 is 0 Å². The number of hydrogen-bond donors (Lipinski definition) is 1. The summed E-state index contributed by atoms with van der Waals surface area (Å²) < 4.78 is 0. The number of hydrogen-bond acceptors (Lipinski definition) is 4. The maximum atomic E-state index is 10.6. The van der Waals surface area contributed by atoms with Crippen LogP contribution in [0.4, 0.5) is 0 Å². The Labute approximate surface area is 98.0 Å². The van der Waals surface area contributed by atoms with Gasteiger partial charge in [0, 0.05) is 18.6 Å². The molecule has 0 atom stereocenters. The fourth-order valence-corrected chi connectivity index (χ4v) is 1.05. The summed E-state index contributed by atoms with van der Waals surface area (Å²) in [7, 11) is 0. The van der Waals surface area contributed by atoms with E-state index in [2.05, 4.69) is 9.99 Å². The van der Waals surface area contributed by atoms with Crippen molar-refractivity contribution in [2.45, 2.75) is 6.92 Å². The van der Waals surface area contributed by atoms with Crippen LogP contribution in [0.5, 0.6) is 0 Å². The molecule has 5 nitrogen and oxygen atoms in total. The van der Waals surface area contributed by atoms with Crippen molar-refractivity contribution in [1.29, 1.82) is 0 Å². The fourth-order valence-electron chi connectivity index (χ4n) is 1.05. The van der Waals surface area contributed by atoms with Gasteiger partial charge >= 0.3 is 11.9 Å². The summed E-state index contributed by atoms with van der Waals surface area (Å²) in [6.45, 7) is 1.22. The second kappa shape index (κ2) is 6.22. The van der Waals surface area contributed by atoms with Gasteiger partial charge in [-0.1, -0.05) is 35.5 Å². The first kappa shape index (κ1) is 12.6. The number of aliphatic carboxylic acids is 1. The van der Waals surface area contributed by atoms with Gasteiger partial charge in [0.05, 0.1) is 0 Å². The number of carbonyl (C=O) groups is 2. The number of oxime groups is 1. The highest BCUT2D eigenvalue weighted by atomic mass is 16.7. The third-order valence-electron chi connectivity index (χ3n) is 1.73. The van der Waals surface area contributed by atoms with E-state index in [0.717, 1.165) is 6.08 Å². The normalized spacial score (nSPS) is 11.5. The van der Waals surface area contributed by atoms with Gasteiger partial charge in [-0.25, -0.2) is 9.59 Å². The molecule has 0 saturated heterocycles. The summed E-state index contributed by atoms with van der Waals surface area (Å²) in [5, 5.41) is 12.1. The zero-order valence-corrected chi connectivity index (χ0v) is 9.16. The van der Waals surface area contributed by atoms with Crippen LogP contribution in [0.2, 0.25) is 0 Å². The molecule has 0 spiro atoms. The molecule has 0 aromatic heterocycles. The Hall–Kier alpha value is -2.43. The number of allylic oxidation sites excluding steroid dienone is 1. The second-order valence-corrected chi connectivity index (χ2v) is 3.10. The molecule has 0 aliphatic heterocycles. The quantitative estimate of drug-likeness (QED) is 0.371. The molecule has 1 aromatic carbocycles. The van der Waals surface area contributed by atoms with E-state index in [1.165, 1.54) is 13.0 Å². The number of rotatable bonds is 4. The van der Waals surface area contributed by atoms with E-state index in [-0.39, 0.29) is 5.71 Å². The molecule has 5 heteroatoms. The van der Waals surface area contributed by atoms with Gasteiger partial charge in [0.2, 0.25) is 0 Å². The largest absolute Gasteiger partial charge is 0.478 e. The van der Waals surface area contributed by atoms with Gasteiger partial charge in [0.15, 0.2) is 0 Å². The van der Waals surface area contributed by atoms with Crippen molar-refractivity contribution in [2.75, 3.05) is 0 Å². The molecule has 1 aromatic rings. The Morgan fingerprint density at radius 2 is 1.88 bits per heavy atom. The predicted molar refractivity (Wildman–Crippen MR) is 61.5 cm³/mol. The standard InChI is InChI=1S/C12H11NO4/c1-9(14)17-13-11(7-8-12(15)16)10-5-3-2-4-6-10/h2-8H,1H3,(H,15,16). The van der Waals surface area contributed by atoms with Gasteiger partial charge in [0.25, 0.3) is 0 Å². The summed E-state index contributed by atoms with van der Waals surface area (Å²) in [4.78, 5) is 25.6. The minimum absolute atomic E-state index is 0.267. The molecule has 17 heavy (non-hydrogen) atoms. The molecule has 0 radical (unpaired) electrons. The Bertz CT molecular complexity index is 463. The van der Waals surface area contributed by atoms with Crippen molar-refractivity contribution in [3.05, 3.63) is 48.0 Å². The molecule has 1 rings (SSSR count). The zero-order valence-electron chi connectivity index (χ0n) is 9.16. The van der Waals surface area contributed by atoms with Crippen molar-refractivity contribution in [3.8, 4) is 0 Å². The van der Waals surface area contributed by atoms with Crippen LogP contribution in [0.1, 0.15) is 12.5 Å². The Kier molecular flexibility index (Phi) is 4.62. The van der Waals surface area contributed by atoms with E-state index in [4.69, 9.17) is 5.11 Å². The van der Waals surface area contributed by atoms with Crippen LogP contribution in [0.25, 0.3) is 0 Å². The molecule has 0 heterocycles. The molecule has 88 valence electrons. The molecular weight excluding hydrogens is 222 g/mol. The maximum Gasteiger partial charge on any atom is 0.332 e. The first-order valence-electron chi connectivity index (χ1n) is 4.81. The lowest BCUT2D eigenvalue weighted by molar-refractivity contribution is -0.140. The lowest BCUT2D eigenvalue weighted by atomic mass is 10.1. The van der Waals surface area contributed by atoms with Crippen LogP contribution in [-0.2, 0) is 14.4 Å². The van der Waals surface area contributed by atoms with Crippen molar-refractivity contribution in [2.24, 2.45) is 5.16 Å². The van der Waals surface area contributed by atoms with Crippen molar-refractivity contribution in [1.82, 2.24) is 0 Å². The SMILES string of the molecule is CC(=O)ON=C(C=CC(=O)O)c1ccccc1. The highest BCUT2D eigenvalue weighted by Crippen LogP contribution is 2.03. The maximum absolute atomic E-state index is 10.6. The molecule has 0 saturated carbocycles. The average molecular weight is 233 g/mol. The number of carboxylic acid groups (broad SMARTS) is 1. The van der Waals surface area contributed by atoms with E-state index in [9.17, 15) is 9.59 Å². The molecule has 0 bridgehead atoms. The summed E-state index contributed by atoms with van der Waals surface area (Å²) in [5.74, 6) is -1.67. The van der Waals surface area contributed by atoms with Gasteiger partial charge in [-0.05, 0) is 6.08 Å². The summed E-state index contributed by atoms with van der Waals surface area (Å²) in [6, 6.07) is 8.82. The fraction of sp³-hybridized carbons (Fsp3) is 0.0833. The van der Waals surface area contributed by atoms with Crippen LogP contribution >= 0.6 is 0 Å². The van der Waals surface area contributed by atoms with Crippen LogP contribution in [0.15, 0.2) is 47.6 Å². The number of nitrogens with zero attached hydrogens (tertiary/aromatic N) is 1. The van der Waals surface area contributed by atoms with E-state index in [1.807, 2.05) is 6.07 Å². The van der Waals surface area contributed by atoms with Crippen LogP contribution in [-0.4, -0.2) is 22.8 Å². The summed E-state index contributed by atoms with van der Waals surface area (Å²) in [6.07, 6.45) is 2.19. The third kappa shape index (κ3) is 4.74. The van der Waals surface area contributed by atoms with Crippen molar-refractivity contribution >= 4 is 17.7 Å². The monoisotopic (exact) mass is 233 g/mol. The molecule has 0 amide bonds. The molecule has 0 aliphatic rings. The van der Waals surface area contributed by atoms with Gasteiger partial charge in [-0.15, -0.1) is 0 Å². The predicted octanol–water partition coefficient (Wildman–Crippen LogP) is 1.59. The average Bonchev–Trinajstić information content (AvgIpc) is 2.29. The smallest absolute Gasteiger partial charge is 0.332 e. The first-order valence-corrected chi connectivity index (χ1v) is 4.81. The first-order chi connectivity index (χ1) is 8.09. The number of benzene rings is 1. The lowest BCUT2D eigenvalue weighted by Crippen LogP contribution is -2.02. The van der Waals surface area contributed by atoms with E-state index in [1.54, 1.807) is 24.3 Å². The van der Waals surface area contributed by atoms with Crippen molar-refractivity contribution < 1.29 is 19.5 Å². The minimum Gasteiger partial charge on any atom is -0.478 e. The van der Waals surface area contributed by atoms with Crippen molar-refractivity contribution in [3.63, 3.8) is 0 Å². The zero-order chi connectivity index (χ0) is 12.7. The van der Waals surface area contributed by atoms with Gasteiger partial charge in [0.1, 0.15) is 5.71 Å². The van der Waals surface area contributed by atoms with E-state index >= 15 is 0 Å². The molecule has 1 N–H and O–H groups in total. The molecular formula is C12H11NO4. The lowest BCUT2D eigenvalue weighted by Gasteiger charge is -1.99. The van der Waals surface area contributed by atoms with E-state index in [0.29, 0.717) is 5.56 Å². The minimum atomic E-state index is -1.10. The second-order valence-electron chi connectivity index (χ2n) is 3.10. The molecule has 0 unspecified atom stereocenters. The van der Waals surface area contributed by atoms with Gasteiger partial charge in [-0.2, -0.15) is 0 Å². The molecule has 0 fully saturated rings. The van der Waals surface area contributed by atoms with Gasteiger partial charge in [-0.3, -0.25) is 0 Å². The third-order valence-corrected chi connectivity index (χ3v) is 1.73. The summed E-state index contributed by atoms with van der Waals surface area (Å²) in [5.41, 5.74) is 0.925. The topological polar surface area (TPSA) is 76.0 Å². The summed E-state index contributed by atoms with van der Waals surface area (Å²) >= 11 is 0. The van der Waals surface area contributed by atoms with Crippen LogP contribution in [0, 0.1) is 0 Å². The highest BCUT2D eigenvalue weighted by Gasteiger charge is 2.02. The van der Waals surface area contributed by atoms with E-state index < -0.39 is 11.9 Å². The number of carboxylic acids is 1. The van der Waals surface area contributed by atoms with Gasteiger partial charge < -0.3 is 9.94 Å². The Morgan fingerprint density at radius 3 is 2.41 bits per heavy atom. The molecule has 0 aliphatic carbocycles. The Balaban J connectivity index is 2.98. The Morgan fingerprint density at radius 1 is 1.24 bits per heavy atom.